The van der Waals surface area contributed by atoms with Crippen LogP contribution in [-0.4, -0.2) is 16.9 Å². The van der Waals surface area contributed by atoms with Gasteiger partial charge < -0.3 is 9.15 Å². The van der Waals surface area contributed by atoms with E-state index in [2.05, 4.69) is 11.7 Å². The van der Waals surface area contributed by atoms with Crippen LogP contribution in [0.1, 0.15) is 5.56 Å². The topological polar surface area (TPSA) is 77.2 Å². The number of nitrogens with one attached hydrogen (secondary N) is 1. The highest BCUT2D eigenvalue weighted by molar-refractivity contribution is 7.16. The number of methoxy groups -OCH3 is 1. The highest BCUT2D eigenvalue weighted by Crippen LogP contribution is 2.29. The number of ether oxygens (including phenoxy) is 1. The molecule has 0 unspecified atom stereocenters. The van der Waals surface area contributed by atoms with Gasteiger partial charge in [0.05, 0.1) is 28.1 Å². The summed E-state index contributed by atoms with van der Waals surface area (Å²) in [5.41, 5.74) is 1.43. The molecule has 136 valence electrons. The molecule has 2 aromatic carbocycles. The Bertz CT molecular complexity index is 1390. The van der Waals surface area contributed by atoms with Gasteiger partial charge in [-0.1, -0.05) is 35.6 Å². The summed E-state index contributed by atoms with van der Waals surface area (Å²) in [6.07, 6.45) is 1.69. The van der Waals surface area contributed by atoms with Crippen molar-refractivity contribution in [2.45, 2.75) is 0 Å². The predicted molar refractivity (Wildman–Crippen MR) is 107 cm³/mol. The number of nitrogens with zero attached hydrogens (tertiary/aromatic N) is 1. The molecule has 0 spiro atoms. The van der Waals surface area contributed by atoms with Gasteiger partial charge in [-0.25, -0.2) is 9.48 Å². The number of fused-ring (bicyclic) bond motifs is 1. The molecular formula is C19H13ClN2O4S. The molecular weight excluding hydrogens is 388 g/mol. The van der Waals surface area contributed by atoms with Gasteiger partial charge in [0.1, 0.15) is 0 Å². The van der Waals surface area contributed by atoms with Crippen LogP contribution in [0.25, 0.3) is 28.6 Å². The van der Waals surface area contributed by atoms with Crippen LogP contribution in [0.4, 0.5) is 0 Å². The minimum atomic E-state index is -0.414. The van der Waals surface area contributed by atoms with E-state index in [0.29, 0.717) is 42.9 Å². The van der Waals surface area contributed by atoms with Gasteiger partial charge in [0.15, 0.2) is 11.3 Å². The fourth-order valence-corrected chi connectivity index (χ4v) is 3.73. The van der Waals surface area contributed by atoms with E-state index in [1.54, 1.807) is 42.5 Å². The Morgan fingerprint density at radius 2 is 2.11 bits per heavy atom. The second-order valence-electron chi connectivity index (χ2n) is 5.77. The van der Waals surface area contributed by atoms with Crippen LogP contribution < -0.4 is 25.8 Å². The van der Waals surface area contributed by atoms with E-state index in [1.165, 1.54) is 11.8 Å². The molecule has 0 aliphatic rings. The summed E-state index contributed by atoms with van der Waals surface area (Å²) < 4.78 is 12.5. The number of hydrogen-bond donors (Lipinski definition) is 1. The largest absolute Gasteiger partial charge is 0.493 e. The van der Waals surface area contributed by atoms with Crippen molar-refractivity contribution < 1.29 is 9.15 Å². The predicted octanol–water partition coefficient (Wildman–Crippen LogP) is 2.23. The van der Waals surface area contributed by atoms with Crippen molar-refractivity contribution in [1.29, 1.82) is 0 Å². The average molecular weight is 401 g/mol. The molecule has 6 nitrogen and oxygen atoms in total. The Labute approximate surface area is 161 Å². The van der Waals surface area contributed by atoms with Gasteiger partial charge >= 0.3 is 4.94 Å². The Hall–Kier alpha value is -3.03. The highest BCUT2D eigenvalue weighted by atomic mass is 35.5. The maximum absolute atomic E-state index is 12.8. The minimum Gasteiger partial charge on any atom is -0.493 e. The fourth-order valence-electron chi connectivity index (χ4n) is 2.81. The monoisotopic (exact) mass is 400 g/mol. The highest BCUT2D eigenvalue weighted by Gasteiger charge is 2.11. The van der Waals surface area contributed by atoms with Crippen molar-refractivity contribution in [1.82, 2.24) is 9.78 Å². The quantitative estimate of drug-likeness (QED) is 0.572. The second kappa shape index (κ2) is 6.61. The van der Waals surface area contributed by atoms with Gasteiger partial charge in [0.2, 0.25) is 0 Å². The van der Waals surface area contributed by atoms with Gasteiger partial charge in [-0.2, -0.15) is 0 Å². The number of hydrogen-bond acceptors (Lipinski definition) is 5. The lowest BCUT2D eigenvalue weighted by Gasteiger charge is -2.01. The standard InChI is InChI=1S/C19H13ClN2O4S/c1-10-14(18(23)22(21-10)13-5-3-4-12(20)9-13)6-11-7-15(25-2)17-16(8-11)27-19(24)26-17/h3-9,21H,1H2,2H3/b14-6-. The Morgan fingerprint density at radius 1 is 1.30 bits per heavy atom. The molecule has 0 bridgehead atoms. The Balaban J connectivity index is 1.93. The zero-order valence-electron chi connectivity index (χ0n) is 14.1. The summed E-state index contributed by atoms with van der Waals surface area (Å²) in [7, 11) is 1.49. The maximum atomic E-state index is 12.8. The normalized spacial score (nSPS) is 12.0. The third-order valence-corrected chi connectivity index (χ3v) is 5.03. The van der Waals surface area contributed by atoms with Crippen LogP contribution in [0.5, 0.6) is 5.75 Å². The van der Waals surface area contributed by atoms with E-state index in [0.717, 1.165) is 11.3 Å². The summed E-state index contributed by atoms with van der Waals surface area (Å²) in [5.74, 6) is 0.424. The Kier molecular flexibility index (Phi) is 4.25. The summed E-state index contributed by atoms with van der Waals surface area (Å²) in [6.45, 7) is 3.92. The maximum Gasteiger partial charge on any atom is 0.396 e. The second-order valence-corrected chi connectivity index (χ2v) is 7.19. The smallest absolute Gasteiger partial charge is 0.396 e. The molecule has 0 radical (unpaired) electrons. The van der Waals surface area contributed by atoms with E-state index in [4.69, 9.17) is 20.8 Å². The van der Waals surface area contributed by atoms with E-state index >= 15 is 0 Å². The molecule has 1 N–H and O–H groups in total. The van der Waals surface area contributed by atoms with Crippen molar-refractivity contribution in [3.63, 3.8) is 0 Å². The van der Waals surface area contributed by atoms with Crippen LogP contribution in [0.15, 0.2) is 50.4 Å². The molecule has 8 heteroatoms. The molecule has 4 aromatic rings. The lowest BCUT2D eigenvalue weighted by atomic mass is 10.1. The van der Waals surface area contributed by atoms with Gasteiger partial charge in [0, 0.05) is 5.02 Å². The molecule has 27 heavy (non-hydrogen) atoms. The zero-order chi connectivity index (χ0) is 19.1. The first-order valence-corrected chi connectivity index (χ1v) is 9.05. The van der Waals surface area contributed by atoms with Crippen molar-refractivity contribution in [2.24, 2.45) is 0 Å². The summed E-state index contributed by atoms with van der Waals surface area (Å²) >= 11 is 6.99. The van der Waals surface area contributed by atoms with Crippen molar-refractivity contribution in [3.8, 4) is 11.4 Å². The molecule has 0 aliphatic carbocycles. The van der Waals surface area contributed by atoms with Crippen LogP contribution in [0.2, 0.25) is 5.02 Å². The van der Waals surface area contributed by atoms with E-state index in [1.807, 2.05) is 0 Å². The molecule has 2 aromatic heterocycles. The zero-order valence-corrected chi connectivity index (χ0v) is 15.7. The number of H-pyrrole nitrogens is 1. The van der Waals surface area contributed by atoms with Gasteiger partial charge in [0.25, 0.3) is 5.56 Å². The average Bonchev–Trinajstić information content (AvgIpc) is 3.14. The SMILES string of the molecule is C=c1[nH]n(-c2cccc(Cl)c2)c(=O)/c1=C\c1cc(OC)c2oc(=O)sc2c1. The van der Waals surface area contributed by atoms with Gasteiger partial charge in [-0.15, -0.1) is 0 Å². The van der Waals surface area contributed by atoms with Crippen molar-refractivity contribution >= 4 is 45.9 Å². The molecule has 0 amide bonds. The minimum absolute atomic E-state index is 0.262. The van der Waals surface area contributed by atoms with Crippen LogP contribution in [-0.2, 0) is 0 Å². The fraction of sp³-hybridized carbons (Fsp3) is 0.0526. The number of benzene rings is 2. The number of aromatic nitrogens is 2. The first kappa shape index (κ1) is 17.4. The summed E-state index contributed by atoms with van der Waals surface area (Å²) in [6, 6.07) is 10.4. The van der Waals surface area contributed by atoms with Crippen LogP contribution >= 0.6 is 22.9 Å². The number of halogens is 1. The third-order valence-electron chi connectivity index (χ3n) is 4.02. The molecule has 0 fully saturated rings. The lowest BCUT2D eigenvalue weighted by molar-refractivity contribution is 0.408. The van der Waals surface area contributed by atoms with Crippen LogP contribution in [0.3, 0.4) is 0 Å². The lowest BCUT2D eigenvalue weighted by Crippen LogP contribution is -2.33. The molecule has 0 saturated heterocycles. The summed E-state index contributed by atoms with van der Waals surface area (Å²) in [5, 5.41) is 4.33. The van der Waals surface area contributed by atoms with Gasteiger partial charge in [-0.3, -0.25) is 9.89 Å². The number of rotatable bonds is 3. The van der Waals surface area contributed by atoms with E-state index < -0.39 is 4.94 Å². The third kappa shape index (κ3) is 3.11. The van der Waals surface area contributed by atoms with Crippen molar-refractivity contribution in [2.75, 3.05) is 7.11 Å². The molecule has 0 saturated carbocycles. The molecule has 0 atom stereocenters. The number of aromatic amines is 1. The first-order chi connectivity index (χ1) is 13.0. The molecule has 0 aliphatic heterocycles. The molecule has 4 rings (SSSR count). The van der Waals surface area contributed by atoms with Gasteiger partial charge in [-0.05, 0) is 42.0 Å². The Morgan fingerprint density at radius 3 is 2.85 bits per heavy atom. The van der Waals surface area contributed by atoms with E-state index in [-0.39, 0.29) is 5.56 Å². The van der Waals surface area contributed by atoms with Crippen LogP contribution in [0, 0.1) is 0 Å². The molecule has 2 heterocycles. The first-order valence-electron chi connectivity index (χ1n) is 7.85. The summed E-state index contributed by atoms with van der Waals surface area (Å²) in [4.78, 5) is 24.0. The van der Waals surface area contributed by atoms with E-state index in [9.17, 15) is 9.59 Å². The van der Waals surface area contributed by atoms with Crippen molar-refractivity contribution in [3.05, 3.63) is 77.6 Å².